The molecule has 162 valence electrons. The van der Waals surface area contributed by atoms with Gasteiger partial charge in [-0.2, -0.15) is 4.98 Å². The van der Waals surface area contributed by atoms with Crippen LogP contribution in [0.25, 0.3) is 0 Å². The molecule has 0 aliphatic heterocycles. The number of ether oxygens (including phenoxy) is 1. The summed E-state index contributed by atoms with van der Waals surface area (Å²) in [6, 6.07) is 7.38. The zero-order valence-electron chi connectivity index (χ0n) is 17.9. The minimum atomic E-state index is -0.209. The van der Waals surface area contributed by atoms with Crippen LogP contribution in [0.15, 0.2) is 34.1 Å². The first-order valence-electron chi connectivity index (χ1n) is 10.4. The second kappa shape index (κ2) is 10.6. The molecule has 0 spiro atoms. The first kappa shape index (κ1) is 22.4. The quantitative estimate of drug-likeness (QED) is 0.461. The second-order valence-electron chi connectivity index (χ2n) is 7.55. The van der Waals surface area contributed by atoms with Gasteiger partial charge in [-0.05, 0) is 65.4 Å². The van der Waals surface area contributed by atoms with Gasteiger partial charge >= 0.3 is 5.69 Å². The molecule has 3 rings (SSSR count). The lowest BCUT2D eigenvalue weighted by atomic mass is 10.2. The molecule has 1 aromatic carbocycles. The van der Waals surface area contributed by atoms with Crippen LogP contribution in [0.3, 0.4) is 0 Å². The molecule has 1 aliphatic carbocycles. The molecule has 2 aromatic rings. The second-order valence-corrected chi connectivity index (χ2v) is 8.52. The molecule has 0 atom stereocenters. The third-order valence-electron chi connectivity index (χ3n) is 4.99. The van der Waals surface area contributed by atoms with E-state index in [0.717, 1.165) is 43.5 Å². The van der Waals surface area contributed by atoms with Crippen LogP contribution in [0.4, 0.5) is 5.69 Å². The van der Waals surface area contributed by atoms with Gasteiger partial charge in [-0.1, -0.05) is 23.9 Å². The van der Waals surface area contributed by atoms with E-state index in [1.54, 1.807) is 0 Å². The van der Waals surface area contributed by atoms with Gasteiger partial charge in [0.25, 0.3) is 0 Å². The summed E-state index contributed by atoms with van der Waals surface area (Å²) in [4.78, 5) is 31.6. The first-order valence-corrected chi connectivity index (χ1v) is 11.4. The standard InChI is InChI=1S/C22H30N4O3S/c1-4-29-19-12-6-5-10-17(19)23-20(27)15-30-21-16-9-7-11-18(16)26(22(28)24-21)14-8-13-25(2)3/h5-6,10,12H,4,7-9,11,13-15H2,1-3H3,(H,23,27). The summed E-state index contributed by atoms with van der Waals surface area (Å²) in [5.74, 6) is 0.706. The lowest BCUT2D eigenvalue weighted by Crippen LogP contribution is -2.29. The molecular formula is C22H30N4O3S. The summed E-state index contributed by atoms with van der Waals surface area (Å²) >= 11 is 1.34. The Balaban J connectivity index is 1.67. The predicted molar refractivity (Wildman–Crippen MR) is 121 cm³/mol. The number of thioether (sulfide) groups is 1. The molecule has 0 radical (unpaired) electrons. The van der Waals surface area contributed by atoms with E-state index in [-0.39, 0.29) is 17.3 Å². The average Bonchev–Trinajstić information content (AvgIpc) is 3.19. The molecule has 1 N–H and O–H groups in total. The number of nitrogens with one attached hydrogen (secondary N) is 1. The van der Waals surface area contributed by atoms with Crippen LogP contribution >= 0.6 is 11.8 Å². The van der Waals surface area contributed by atoms with Crippen molar-refractivity contribution in [3.8, 4) is 5.75 Å². The lowest BCUT2D eigenvalue weighted by Gasteiger charge is -2.15. The summed E-state index contributed by atoms with van der Waals surface area (Å²) in [6.45, 7) is 4.05. The van der Waals surface area contributed by atoms with Gasteiger partial charge in [-0.15, -0.1) is 0 Å². The maximum absolute atomic E-state index is 12.6. The van der Waals surface area contributed by atoms with Crippen LogP contribution in [-0.4, -0.2) is 53.4 Å². The van der Waals surface area contributed by atoms with Gasteiger partial charge in [0.05, 0.1) is 18.0 Å². The maximum atomic E-state index is 12.6. The number of rotatable bonds is 10. The Morgan fingerprint density at radius 1 is 1.30 bits per heavy atom. The highest BCUT2D eigenvalue weighted by Gasteiger charge is 2.22. The van der Waals surface area contributed by atoms with Crippen molar-refractivity contribution in [3.63, 3.8) is 0 Å². The monoisotopic (exact) mass is 430 g/mol. The largest absolute Gasteiger partial charge is 0.492 e. The smallest absolute Gasteiger partial charge is 0.348 e. The van der Waals surface area contributed by atoms with Gasteiger partial charge in [-0.25, -0.2) is 4.79 Å². The SMILES string of the molecule is CCOc1ccccc1NC(=O)CSc1nc(=O)n(CCCN(C)C)c2c1CCC2. The molecule has 1 aliphatic rings. The van der Waals surface area contributed by atoms with Crippen LogP contribution in [0.1, 0.15) is 31.0 Å². The topological polar surface area (TPSA) is 76.5 Å². The van der Waals surface area contributed by atoms with E-state index in [0.29, 0.717) is 29.6 Å². The fourth-order valence-electron chi connectivity index (χ4n) is 3.65. The van der Waals surface area contributed by atoms with Gasteiger partial charge in [0, 0.05) is 17.8 Å². The molecule has 0 unspecified atom stereocenters. The van der Waals surface area contributed by atoms with E-state index in [4.69, 9.17) is 4.74 Å². The molecule has 0 saturated carbocycles. The number of aromatic nitrogens is 2. The number of nitrogens with zero attached hydrogens (tertiary/aromatic N) is 3. The third kappa shape index (κ3) is 5.64. The normalized spacial score (nSPS) is 12.8. The van der Waals surface area contributed by atoms with Gasteiger partial charge in [0.2, 0.25) is 5.91 Å². The summed E-state index contributed by atoms with van der Waals surface area (Å²) in [7, 11) is 4.06. The molecule has 0 bridgehead atoms. The third-order valence-corrected chi connectivity index (χ3v) is 6.01. The molecule has 1 heterocycles. The minimum absolute atomic E-state index is 0.143. The van der Waals surface area contributed by atoms with E-state index in [1.165, 1.54) is 11.8 Å². The van der Waals surface area contributed by atoms with Crippen LogP contribution in [0, 0.1) is 0 Å². The van der Waals surface area contributed by atoms with E-state index in [2.05, 4.69) is 15.2 Å². The number of carbonyl (C=O) groups excluding carboxylic acids is 1. The Labute approximate surface area is 181 Å². The Bertz CT molecular complexity index is 942. The molecule has 30 heavy (non-hydrogen) atoms. The zero-order chi connectivity index (χ0) is 21.5. The van der Waals surface area contributed by atoms with Crippen LogP contribution < -0.4 is 15.7 Å². The Kier molecular flexibility index (Phi) is 7.93. The van der Waals surface area contributed by atoms with Crippen molar-refractivity contribution >= 4 is 23.4 Å². The lowest BCUT2D eigenvalue weighted by molar-refractivity contribution is -0.113. The van der Waals surface area contributed by atoms with Crippen LogP contribution in [0.2, 0.25) is 0 Å². The summed E-state index contributed by atoms with van der Waals surface area (Å²) in [6.07, 6.45) is 3.74. The fraction of sp³-hybridized carbons (Fsp3) is 0.500. The Morgan fingerprint density at radius 3 is 2.87 bits per heavy atom. The average molecular weight is 431 g/mol. The van der Waals surface area contributed by atoms with E-state index in [9.17, 15) is 9.59 Å². The summed E-state index contributed by atoms with van der Waals surface area (Å²) in [5.41, 5.74) is 2.67. The number of amides is 1. The first-order chi connectivity index (χ1) is 14.5. The van der Waals surface area contributed by atoms with Crippen molar-refractivity contribution in [1.29, 1.82) is 0 Å². The fourth-order valence-corrected chi connectivity index (χ4v) is 4.53. The van der Waals surface area contributed by atoms with Gasteiger partial charge < -0.3 is 15.0 Å². The Hall–Kier alpha value is -2.32. The highest BCUT2D eigenvalue weighted by atomic mass is 32.2. The molecule has 1 aromatic heterocycles. The maximum Gasteiger partial charge on any atom is 0.348 e. The van der Waals surface area contributed by atoms with E-state index in [1.807, 2.05) is 49.9 Å². The molecule has 0 fully saturated rings. The minimum Gasteiger partial charge on any atom is -0.492 e. The number of fused-ring (bicyclic) bond motifs is 1. The van der Waals surface area contributed by atoms with Crippen molar-refractivity contribution in [3.05, 3.63) is 46.0 Å². The number of hydrogen-bond acceptors (Lipinski definition) is 6. The molecule has 1 amide bonds. The predicted octanol–water partition coefficient (Wildman–Crippen LogP) is 2.81. The van der Waals surface area contributed by atoms with Crippen LogP contribution in [-0.2, 0) is 24.2 Å². The molecule has 7 nitrogen and oxygen atoms in total. The highest BCUT2D eigenvalue weighted by Crippen LogP contribution is 2.30. The van der Waals surface area contributed by atoms with Crippen molar-refractivity contribution in [2.24, 2.45) is 0 Å². The van der Waals surface area contributed by atoms with Gasteiger partial charge in [-0.3, -0.25) is 9.36 Å². The molecule has 0 saturated heterocycles. The van der Waals surface area contributed by atoms with Gasteiger partial charge in [0.15, 0.2) is 0 Å². The van der Waals surface area contributed by atoms with Gasteiger partial charge in [0.1, 0.15) is 10.8 Å². The molecular weight excluding hydrogens is 400 g/mol. The van der Waals surface area contributed by atoms with Crippen molar-refractivity contribution in [2.45, 2.75) is 44.2 Å². The number of anilines is 1. The molecule has 8 heteroatoms. The number of benzene rings is 1. The van der Waals surface area contributed by atoms with Crippen molar-refractivity contribution in [2.75, 3.05) is 38.3 Å². The van der Waals surface area contributed by atoms with E-state index >= 15 is 0 Å². The Morgan fingerprint density at radius 2 is 2.10 bits per heavy atom. The van der Waals surface area contributed by atoms with E-state index < -0.39 is 0 Å². The summed E-state index contributed by atoms with van der Waals surface area (Å²) in [5, 5.41) is 3.60. The van der Waals surface area contributed by atoms with Crippen molar-refractivity contribution < 1.29 is 9.53 Å². The summed E-state index contributed by atoms with van der Waals surface area (Å²) < 4.78 is 7.38. The number of para-hydroxylation sites is 2. The van der Waals surface area contributed by atoms with Crippen LogP contribution in [0.5, 0.6) is 5.75 Å². The number of hydrogen-bond donors (Lipinski definition) is 1. The highest BCUT2D eigenvalue weighted by molar-refractivity contribution is 8.00. The number of carbonyl (C=O) groups is 1. The van der Waals surface area contributed by atoms with Crippen molar-refractivity contribution in [1.82, 2.24) is 14.5 Å². The zero-order valence-corrected chi connectivity index (χ0v) is 18.8.